The number of thiophene rings is 1. The maximum atomic E-state index is 8.63. The van der Waals surface area contributed by atoms with Crippen LogP contribution in [0.2, 0.25) is 5.02 Å². The molecule has 0 aliphatic heterocycles. The Morgan fingerprint density at radius 1 is 1.50 bits per heavy atom. The van der Waals surface area contributed by atoms with Crippen LogP contribution in [-0.2, 0) is 6.42 Å². The van der Waals surface area contributed by atoms with Crippen molar-refractivity contribution in [3.05, 3.63) is 33.7 Å². The molecule has 1 aromatic carbocycles. The van der Waals surface area contributed by atoms with Crippen molar-refractivity contribution in [2.45, 2.75) is 13.3 Å². The number of nitriles is 1. The zero-order chi connectivity index (χ0) is 10.1. The van der Waals surface area contributed by atoms with E-state index in [1.165, 1.54) is 10.3 Å². The molecule has 0 aliphatic carbocycles. The van der Waals surface area contributed by atoms with Crippen LogP contribution in [0.3, 0.4) is 0 Å². The van der Waals surface area contributed by atoms with E-state index in [4.69, 9.17) is 16.9 Å². The van der Waals surface area contributed by atoms with Gasteiger partial charge in [0.25, 0.3) is 0 Å². The highest BCUT2D eigenvalue weighted by Gasteiger charge is 2.08. The standard InChI is InChI=1S/C11H8ClNS/c1-7-6-14-9-3-2-8(4-5-13)11(12)10(7)9/h2-3,6H,4H2,1H3. The Morgan fingerprint density at radius 2 is 2.29 bits per heavy atom. The molecule has 1 aromatic heterocycles. The van der Waals surface area contributed by atoms with Crippen molar-refractivity contribution in [1.82, 2.24) is 0 Å². The molecule has 14 heavy (non-hydrogen) atoms. The van der Waals surface area contributed by atoms with Crippen LogP contribution in [0.15, 0.2) is 17.5 Å². The molecule has 70 valence electrons. The maximum Gasteiger partial charge on any atom is 0.0670 e. The summed E-state index contributed by atoms with van der Waals surface area (Å²) in [5, 5.41) is 12.6. The molecule has 0 atom stereocenters. The number of halogens is 1. The van der Waals surface area contributed by atoms with Gasteiger partial charge in [-0.25, -0.2) is 0 Å². The number of hydrogen-bond donors (Lipinski definition) is 0. The van der Waals surface area contributed by atoms with Gasteiger partial charge in [-0.15, -0.1) is 11.3 Å². The highest BCUT2D eigenvalue weighted by molar-refractivity contribution is 7.17. The van der Waals surface area contributed by atoms with Gasteiger partial charge in [0.05, 0.1) is 17.5 Å². The third-order valence-corrected chi connectivity index (χ3v) is 3.71. The fraction of sp³-hybridized carbons (Fsp3) is 0.182. The fourth-order valence-corrected chi connectivity index (χ4v) is 2.89. The number of benzene rings is 1. The van der Waals surface area contributed by atoms with Crippen molar-refractivity contribution in [3.63, 3.8) is 0 Å². The van der Waals surface area contributed by atoms with E-state index in [1.54, 1.807) is 11.3 Å². The van der Waals surface area contributed by atoms with E-state index in [2.05, 4.69) is 11.4 Å². The van der Waals surface area contributed by atoms with Gasteiger partial charge in [-0.1, -0.05) is 17.7 Å². The normalized spacial score (nSPS) is 10.4. The first kappa shape index (κ1) is 9.51. The predicted octanol–water partition coefficient (Wildman–Crippen LogP) is 3.93. The summed E-state index contributed by atoms with van der Waals surface area (Å²) in [6, 6.07) is 6.09. The molecule has 0 amide bonds. The first-order valence-electron chi connectivity index (χ1n) is 4.26. The summed E-state index contributed by atoms with van der Waals surface area (Å²) >= 11 is 7.91. The average molecular weight is 222 g/mol. The van der Waals surface area contributed by atoms with Crippen molar-refractivity contribution >= 4 is 33.0 Å². The van der Waals surface area contributed by atoms with E-state index < -0.39 is 0 Å². The molecule has 2 aromatic rings. The van der Waals surface area contributed by atoms with Crippen LogP contribution in [0.25, 0.3) is 10.1 Å². The maximum absolute atomic E-state index is 8.63. The van der Waals surface area contributed by atoms with Crippen molar-refractivity contribution in [2.24, 2.45) is 0 Å². The van der Waals surface area contributed by atoms with E-state index >= 15 is 0 Å². The summed E-state index contributed by atoms with van der Waals surface area (Å²) < 4.78 is 1.19. The van der Waals surface area contributed by atoms with Crippen molar-refractivity contribution < 1.29 is 0 Å². The Labute approximate surface area is 91.5 Å². The fourth-order valence-electron chi connectivity index (χ4n) is 1.50. The van der Waals surface area contributed by atoms with Gasteiger partial charge in [-0.3, -0.25) is 0 Å². The topological polar surface area (TPSA) is 23.8 Å². The van der Waals surface area contributed by atoms with Gasteiger partial charge in [0.15, 0.2) is 0 Å². The number of hydrogen-bond acceptors (Lipinski definition) is 2. The van der Waals surface area contributed by atoms with Crippen molar-refractivity contribution in [1.29, 1.82) is 5.26 Å². The molecule has 0 spiro atoms. The number of nitrogens with zero attached hydrogens (tertiary/aromatic N) is 1. The van der Waals surface area contributed by atoms with E-state index in [1.807, 2.05) is 19.1 Å². The molecule has 0 fully saturated rings. The molecular weight excluding hydrogens is 214 g/mol. The second-order valence-corrected chi connectivity index (χ2v) is 4.45. The number of aryl methyl sites for hydroxylation is 1. The van der Waals surface area contributed by atoms with Crippen LogP contribution in [0.5, 0.6) is 0 Å². The minimum Gasteiger partial charge on any atom is -0.198 e. The summed E-state index contributed by atoms with van der Waals surface area (Å²) in [6.07, 6.45) is 0.379. The SMILES string of the molecule is Cc1csc2ccc(CC#N)c(Cl)c12. The lowest BCUT2D eigenvalue weighted by molar-refractivity contribution is 1.27. The molecule has 1 heterocycles. The second-order valence-electron chi connectivity index (χ2n) is 3.17. The molecule has 1 nitrogen and oxygen atoms in total. The summed E-state index contributed by atoms with van der Waals surface area (Å²) in [6.45, 7) is 2.04. The van der Waals surface area contributed by atoms with E-state index in [0.29, 0.717) is 6.42 Å². The minimum atomic E-state index is 0.379. The van der Waals surface area contributed by atoms with E-state index in [-0.39, 0.29) is 0 Å². The van der Waals surface area contributed by atoms with Gasteiger partial charge in [-0.05, 0) is 29.5 Å². The molecule has 0 bridgehead atoms. The Morgan fingerprint density at radius 3 is 3.00 bits per heavy atom. The van der Waals surface area contributed by atoms with Crippen molar-refractivity contribution in [2.75, 3.05) is 0 Å². The van der Waals surface area contributed by atoms with Crippen LogP contribution in [0.1, 0.15) is 11.1 Å². The lowest BCUT2D eigenvalue weighted by Crippen LogP contribution is -1.84. The smallest absolute Gasteiger partial charge is 0.0670 e. The van der Waals surface area contributed by atoms with E-state index in [9.17, 15) is 0 Å². The minimum absolute atomic E-state index is 0.379. The van der Waals surface area contributed by atoms with Crippen LogP contribution in [0, 0.1) is 18.3 Å². The molecular formula is C11H8ClNS. The van der Waals surface area contributed by atoms with Crippen LogP contribution in [-0.4, -0.2) is 0 Å². The molecule has 0 radical (unpaired) electrons. The molecule has 0 N–H and O–H groups in total. The lowest BCUT2D eigenvalue weighted by Gasteiger charge is -2.01. The van der Waals surface area contributed by atoms with Crippen molar-refractivity contribution in [3.8, 4) is 6.07 Å². The zero-order valence-corrected chi connectivity index (χ0v) is 9.25. The quantitative estimate of drug-likeness (QED) is 0.716. The molecule has 3 heteroatoms. The summed E-state index contributed by atoms with van der Waals surface area (Å²) in [4.78, 5) is 0. The van der Waals surface area contributed by atoms with E-state index in [0.717, 1.165) is 16.0 Å². The zero-order valence-electron chi connectivity index (χ0n) is 7.67. The largest absolute Gasteiger partial charge is 0.198 e. The summed E-state index contributed by atoms with van der Waals surface area (Å²) in [5.74, 6) is 0. The predicted molar refractivity (Wildman–Crippen MR) is 60.9 cm³/mol. The van der Waals surface area contributed by atoms with Gasteiger partial charge >= 0.3 is 0 Å². The average Bonchev–Trinajstić information content (AvgIpc) is 2.54. The highest BCUT2D eigenvalue weighted by atomic mass is 35.5. The van der Waals surface area contributed by atoms with Gasteiger partial charge in [-0.2, -0.15) is 5.26 Å². The number of rotatable bonds is 1. The first-order chi connectivity index (χ1) is 6.74. The molecule has 0 aliphatic rings. The summed E-state index contributed by atoms with van der Waals surface area (Å²) in [5.41, 5.74) is 2.11. The van der Waals surface area contributed by atoms with Crippen LogP contribution >= 0.6 is 22.9 Å². The monoisotopic (exact) mass is 221 g/mol. The third kappa shape index (κ3) is 1.39. The molecule has 0 unspecified atom stereocenters. The van der Waals surface area contributed by atoms with Gasteiger partial charge < -0.3 is 0 Å². The second kappa shape index (κ2) is 3.61. The van der Waals surface area contributed by atoms with Gasteiger partial charge in [0.2, 0.25) is 0 Å². The number of fused-ring (bicyclic) bond motifs is 1. The molecule has 0 saturated heterocycles. The molecule has 2 rings (SSSR count). The molecule has 0 saturated carbocycles. The Bertz CT molecular complexity index is 522. The van der Waals surface area contributed by atoms with Gasteiger partial charge in [0.1, 0.15) is 0 Å². The Balaban J connectivity index is 2.74. The Kier molecular flexibility index (Phi) is 2.45. The Hall–Kier alpha value is -1.04. The lowest BCUT2D eigenvalue weighted by atomic mass is 10.1. The highest BCUT2D eigenvalue weighted by Crippen LogP contribution is 2.34. The van der Waals surface area contributed by atoms with Gasteiger partial charge in [0, 0.05) is 10.1 Å². The van der Waals surface area contributed by atoms with Crippen LogP contribution < -0.4 is 0 Å². The van der Waals surface area contributed by atoms with Crippen LogP contribution in [0.4, 0.5) is 0 Å². The summed E-state index contributed by atoms with van der Waals surface area (Å²) in [7, 11) is 0. The third-order valence-electron chi connectivity index (χ3n) is 2.21. The first-order valence-corrected chi connectivity index (χ1v) is 5.52.